The zero-order valence-electron chi connectivity index (χ0n) is 13.9. The molecular formula is C12H29NO3Si3. The summed E-state index contributed by atoms with van der Waals surface area (Å²) in [6.45, 7) is 18.7. The number of rotatable bonds is 5. The Hall–Kier alpha value is -0.409. The molecule has 0 fully saturated rings. The molecule has 0 N–H and O–H groups in total. The molecule has 0 aliphatic heterocycles. The molecule has 0 aromatic carbocycles. The summed E-state index contributed by atoms with van der Waals surface area (Å²) in [6, 6.07) is 0. The van der Waals surface area contributed by atoms with Gasteiger partial charge in [-0.2, -0.15) is 0 Å². The summed E-state index contributed by atoms with van der Waals surface area (Å²) >= 11 is 0. The summed E-state index contributed by atoms with van der Waals surface area (Å²) in [7, 11) is -5.25. The fraction of sp³-hybridized carbons (Fsp3) is 0.833. The molecule has 0 saturated carbocycles. The van der Waals surface area contributed by atoms with E-state index in [1.165, 1.54) is 0 Å². The molecule has 112 valence electrons. The molecular weight excluding hydrogens is 290 g/mol. The monoisotopic (exact) mass is 319 g/mol. The minimum Gasteiger partial charge on any atom is -0.535 e. The normalized spacial score (nSPS) is 14.3. The van der Waals surface area contributed by atoms with Crippen molar-refractivity contribution in [2.24, 2.45) is 4.66 Å². The summed E-state index contributed by atoms with van der Waals surface area (Å²) in [6.07, 6.45) is 0.165. The maximum Gasteiger partial charge on any atom is 0.301 e. The highest BCUT2D eigenvalue weighted by molar-refractivity contribution is 6.76. The summed E-state index contributed by atoms with van der Waals surface area (Å²) in [5.41, 5.74) is 0. The van der Waals surface area contributed by atoms with Crippen molar-refractivity contribution in [3.8, 4) is 0 Å². The van der Waals surface area contributed by atoms with Crippen LogP contribution in [-0.2, 0) is 13.6 Å². The standard InChI is InChI=1S/C12H29NO3Si3/c1-17(2,3)13-11(15-18(4,5)6)10-12(14)16-19(7,8)9/h10H2,1-9H3/b13-11+. The Labute approximate surface area is 121 Å². The third-order valence-corrected chi connectivity index (χ3v) is 4.21. The zero-order chi connectivity index (χ0) is 15.5. The van der Waals surface area contributed by atoms with Crippen molar-refractivity contribution in [1.82, 2.24) is 0 Å². The topological polar surface area (TPSA) is 47.9 Å². The highest BCUT2D eigenvalue weighted by Gasteiger charge is 2.26. The first-order chi connectivity index (χ1) is 8.18. The van der Waals surface area contributed by atoms with E-state index in [1.54, 1.807) is 0 Å². The van der Waals surface area contributed by atoms with Crippen molar-refractivity contribution in [1.29, 1.82) is 0 Å². The van der Waals surface area contributed by atoms with Gasteiger partial charge in [0.05, 0.1) is 0 Å². The first-order valence-electron chi connectivity index (χ1n) is 6.67. The molecule has 0 aromatic rings. The van der Waals surface area contributed by atoms with Gasteiger partial charge in [-0.1, -0.05) is 0 Å². The second-order valence-corrected chi connectivity index (χ2v) is 21.1. The number of carbonyl (C=O) groups excluding carboxylic acids is 1. The van der Waals surface area contributed by atoms with Crippen molar-refractivity contribution in [3.05, 3.63) is 0 Å². The SMILES string of the molecule is C[Si](C)(C)/N=C(\CC(=O)O[Si](C)(C)C)O[Si](C)(C)C. The van der Waals surface area contributed by atoms with E-state index in [4.69, 9.17) is 8.85 Å². The first kappa shape index (κ1) is 18.6. The molecule has 0 bridgehead atoms. The van der Waals surface area contributed by atoms with Crippen LogP contribution in [0.1, 0.15) is 6.42 Å². The van der Waals surface area contributed by atoms with Crippen LogP contribution >= 0.6 is 0 Å². The Morgan fingerprint density at radius 2 is 1.26 bits per heavy atom. The lowest BCUT2D eigenvalue weighted by molar-refractivity contribution is -0.133. The van der Waals surface area contributed by atoms with Gasteiger partial charge in [-0.05, 0) is 58.9 Å². The van der Waals surface area contributed by atoms with E-state index in [9.17, 15) is 4.79 Å². The first-order valence-corrected chi connectivity index (χ1v) is 16.9. The highest BCUT2D eigenvalue weighted by Crippen LogP contribution is 2.12. The highest BCUT2D eigenvalue weighted by atomic mass is 28.4. The van der Waals surface area contributed by atoms with Crippen LogP contribution in [0.4, 0.5) is 0 Å². The van der Waals surface area contributed by atoms with Crippen LogP contribution in [-0.4, -0.2) is 36.7 Å². The Bertz CT molecular complexity index is 349. The van der Waals surface area contributed by atoms with E-state index in [0.29, 0.717) is 5.90 Å². The summed E-state index contributed by atoms with van der Waals surface area (Å²) in [4.78, 5) is 11.9. The average molecular weight is 320 g/mol. The van der Waals surface area contributed by atoms with Crippen molar-refractivity contribution >= 4 is 36.7 Å². The van der Waals surface area contributed by atoms with Gasteiger partial charge in [0.25, 0.3) is 0 Å². The van der Waals surface area contributed by atoms with Gasteiger partial charge in [0.15, 0.2) is 14.1 Å². The maximum atomic E-state index is 11.9. The van der Waals surface area contributed by atoms with Crippen LogP contribution in [0.25, 0.3) is 0 Å². The molecule has 0 aliphatic rings. The van der Waals surface area contributed by atoms with Gasteiger partial charge in [0.2, 0.25) is 16.6 Å². The Balaban J connectivity index is 4.89. The lowest BCUT2D eigenvalue weighted by Crippen LogP contribution is -2.35. The van der Waals surface area contributed by atoms with E-state index >= 15 is 0 Å². The fourth-order valence-corrected chi connectivity index (χ4v) is 3.87. The summed E-state index contributed by atoms with van der Waals surface area (Å²) in [5.74, 6) is 0.357. The molecule has 0 rings (SSSR count). The largest absolute Gasteiger partial charge is 0.535 e. The molecule has 0 saturated heterocycles. The summed E-state index contributed by atoms with van der Waals surface area (Å²) in [5, 5.41) is 0. The predicted molar refractivity (Wildman–Crippen MR) is 89.3 cm³/mol. The van der Waals surface area contributed by atoms with Crippen molar-refractivity contribution in [2.45, 2.75) is 65.3 Å². The molecule has 7 heteroatoms. The van der Waals surface area contributed by atoms with E-state index in [-0.39, 0.29) is 12.4 Å². The van der Waals surface area contributed by atoms with E-state index in [0.717, 1.165) is 0 Å². The molecule has 0 aliphatic carbocycles. The van der Waals surface area contributed by atoms with Gasteiger partial charge < -0.3 is 8.85 Å². The zero-order valence-corrected chi connectivity index (χ0v) is 16.9. The van der Waals surface area contributed by atoms with Crippen LogP contribution in [0.2, 0.25) is 58.9 Å². The number of hydrogen-bond acceptors (Lipinski definition) is 4. The molecule has 4 nitrogen and oxygen atoms in total. The van der Waals surface area contributed by atoms with Crippen LogP contribution in [0.3, 0.4) is 0 Å². The lowest BCUT2D eigenvalue weighted by Gasteiger charge is -2.24. The number of carbonyl (C=O) groups is 1. The van der Waals surface area contributed by atoms with Crippen LogP contribution in [0, 0.1) is 0 Å². The maximum absolute atomic E-state index is 11.9. The minimum absolute atomic E-state index is 0.165. The summed E-state index contributed by atoms with van der Waals surface area (Å²) < 4.78 is 16.1. The Morgan fingerprint density at radius 3 is 1.58 bits per heavy atom. The van der Waals surface area contributed by atoms with Crippen LogP contribution in [0.5, 0.6) is 0 Å². The van der Waals surface area contributed by atoms with Gasteiger partial charge in [-0.25, -0.2) is 0 Å². The quantitative estimate of drug-likeness (QED) is 0.439. The Morgan fingerprint density at radius 1 is 0.842 bits per heavy atom. The van der Waals surface area contributed by atoms with Gasteiger partial charge in [0, 0.05) is 0 Å². The third kappa shape index (κ3) is 12.4. The molecule has 0 amide bonds. The van der Waals surface area contributed by atoms with Gasteiger partial charge >= 0.3 is 5.97 Å². The van der Waals surface area contributed by atoms with E-state index in [1.807, 2.05) is 19.6 Å². The molecule has 0 atom stereocenters. The molecule has 0 spiro atoms. The predicted octanol–water partition coefficient (Wildman–Crippen LogP) is 3.84. The minimum atomic E-state index is -1.84. The van der Waals surface area contributed by atoms with Crippen molar-refractivity contribution in [2.75, 3.05) is 0 Å². The molecule has 0 aromatic heterocycles. The fourth-order valence-electron chi connectivity index (χ4n) is 1.33. The van der Waals surface area contributed by atoms with E-state index in [2.05, 4.69) is 43.9 Å². The lowest BCUT2D eigenvalue weighted by atomic mass is 10.4. The smallest absolute Gasteiger partial charge is 0.301 e. The molecule has 0 unspecified atom stereocenters. The van der Waals surface area contributed by atoms with Crippen LogP contribution < -0.4 is 0 Å². The van der Waals surface area contributed by atoms with Crippen molar-refractivity contribution < 1.29 is 13.6 Å². The average Bonchev–Trinajstić information content (AvgIpc) is 1.90. The van der Waals surface area contributed by atoms with Gasteiger partial charge in [-0.3, -0.25) is 9.45 Å². The second kappa shape index (κ2) is 6.36. The Kier molecular flexibility index (Phi) is 6.22. The van der Waals surface area contributed by atoms with Gasteiger partial charge in [-0.15, -0.1) is 0 Å². The molecule has 19 heavy (non-hydrogen) atoms. The number of hydrogen-bond donors (Lipinski definition) is 0. The van der Waals surface area contributed by atoms with E-state index < -0.39 is 24.9 Å². The van der Waals surface area contributed by atoms with Crippen LogP contribution in [0.15, 0.2) is 4.66 Å². The second-order valence-electron chi connectivity index (χ2n) is 7.65. The molecule has 0 heterocycles. The number of nitrogens with zero attached hydrogens (tertiary/aromatic N) is 1. The van der Waals surface area contributed by atoms with Crippen molar-refractivity contribution in [3.63, 3.8) is 0 Å². The van der Waals surface area contributed by atoms with Gasteiger partial charge in [0.1, 0.15) is 6.42 Å². The third-order valence-electron chi connectivity index (χ3n) is 1.60. The molecule has 0 radical (unpaired) electrons.